The molecule has 0 aromatic rings. The Morgan fingerprint density at radius 3 is 2.69 bits per heavy atom. The van der Waals surface area contributed by atoms with E-state index in [1.54, 1.807) is 0 Å². The first-order valence-electron chi connectivity index (χ1n) is 11.4. The van der Waals surface area contributed by atoms with Crippen LogP contribution in [0, 0.1) is 17.8 Å². The van der Waals surface area contributed by atoms with Crippen molar-refractivity contribution in [2.24, 2.45) is 22.7 Å². The third-order valence-electron chi connectivity index (χ3n) is 7.68. The Morgan fingerprint density at radius 2 is 1.97 bits per heavy atom. The molecule has 2 aliphatic heterocycles. The van der Waals surface area contributed by atoms with Gasteiger partial charge in [0.1, 0.15) is 12.3 Å². The van der Waals surface area contributed by atoms with Crippen LogP contribution in [0.4, 0.5) is 8.78 Å². The first-order chi connectivity index (χ1) is 14.1. The Bertz CT molecular complexity index is 694. The Balaban J connectivity index is 1.25. The fourth-order valence-corrected chi connectivity index (χ4v) is 5.94. The monoisotopic (exact) mass is 406 g/mol. The Labute approximate surface area is 171 Å². The second-order valence-electron chi connectivity index (χ2n) is 9.59. The van der Waals surface area contributed by atoms with E-state index in [1.807, 2.05) is 6.08 Å². The lowest BCUT2D eigenvalue weighted by molar-refractivity contribution is -0.140. The number of halogens is 2. The van der Waals surface area contributed by atoms with Crippen LogP contribution in [-0.2, 0) is 4.79 Å². The summed E-state index contributed by atoms with van der Waals surface area (Å²) in [6, 6.07) is 1.31. The number of amides is 1. The molecule has 7 unspecified atom stereocenters. The summed E-state index contributed by atoms with van der Waals surface area (Å²) < 4.78 is 28.5. The molecule has 7 atom stereocenters. The van der Waals surface area contributed by atoms with E-state index in [2.05, 4.69) is 20.7 Å². The fraction of sp³-hybridized carbons (Fsp3) is 0.818. The lowest BCUT2D eigenvalue weighted by Gasteiger charge is -2.41. The maximum absolute atomic E-state index is 14.3. The van der Waals surface area contributed by atoms with Gasteiger partial charge in [0.05, 0.1) is 6.54 Å². The second kappa shape index (κ2) is 8.06. The number of hydrazine groups is 1. The summed E-state index contributed by atoms with van der Waals surface area (Å²) in [5.41, 5.74) is 7.49. The summed E-state index contributed by atoms with van der Waals surface area (Å²) in [6.45, 7) is 1.04. The van der Waals surface area contributed by atoms with Crippen molar-refractivity contribution in [3.05, 3.63) is 11.6 Å². The zero-order valence-corrected chi connectivity index (χ0v) is 16.9. The van der Waals surface area contributed by atoms with E-state index < -0.39 is 18.3 Å². The number of nitrogens with one attached hydrogen (secondary N) is 2. The molecule has 2 saturated carbocycles. The van der Waals surface area contributed by atoms with Crippen molar-refractivity contribution in [3.8, 4) is 0 Å². The molecule has 5 rings (SSSR count). The maximum atomic E-state index is 14.3. The quantitative estimate of drug-likeness (QED) is 0.706. The molecule has 0 radical (unpaired) electrons. The van der Waals surface area contributed by atoms with Gasteiger partial charge in [0.2, 0.25) is 5.91 Å². The molecular weight excluding hydrogens is 374 g/mol. The summed E-state index contributed by atoms with van der Waals surface area (Å²) in [6.07, 6.45) is 8.07. The minimum absolute atomic E-state index is 0.0368. The molecule has 3 fully saturated rings. The first kappa shape index (κ1) is 19.6. The minimum atomic E-state index is -1.34. The number of nitrogens with zero attached hydrogens (tertiary/aromatic N) is 2. The van der Waals surface area contributed by atoms with Crippen LogP contribution in [0.2, 0.25) is 0 Å². The van der Waals surface area contributed by atoms with Gasteiger partial charge in [0.25, 0.3) is 0 Å². The van der Waals surface area contributed by atoms with Crippen molar-refractivity contribution >= 4 is 12.1 Å². The number of rotatable bonds is 4. The molecule has 2 N–H and O–H groups in total. The van der Waals surface area contributed by atoms with Gasteiger partial charge < -0.3 is 4.90 Å². The van der Waals surface area contributed by atoms with Crippen LogP contribution < -0.4 is 10.9 Å². The smallest absolute Gasteiger partial charge is 0.226 e. The Kier molecular flexibility index (Phi) is 5.45. The van der Waals surface area contributed by atoms with Crippen LogP contribution in [0.3, 0.4) is 0 Å². The van der Waals surface area contributed by atoms with Gasteiger partial charge in [-0.1, -0.05) is 11.6 Å². The van der Waals surface area contributed by atoms with Gasteiger partial charge in [-0.05, 0) is 57.3 Å². The van der Waals surface area contributed by atoms with Gasteiger partial charge in [0.15, 0.2) is 0 Å². The van der Waals surface area contributed by atoms with Crippen molar-refractivity contribution in [2.75, 3.05) is 13.1 Å². The van der Waals surface area contributed by atoms with E-state index in [0.29, 0.717) is 43.3 Å². The number of allylic oxidation sites excluding steroid dienone is 2. The Morgan fingerprint density at radius 1 is 1.14 bits per heavy atom. The van der Waals surface area contributed by atoms with Gasteiger partial charge in [0, 0.05) is 42.7 Å². The number of fused-ring (bicyclic) bond motifs is 1. The number of hydrogen-bond donors (Lipinski definition) is 2. The van der Waals surface area contributed by atoms with Crippen LogP contribution in [0.1, 0.15) is 51.4 Å². The van der Waals surface area contributed by atoms with E-state index >= 15 is 0 Å². The molecular formula is C22H32F2N4O. The maximum Gasteiger partial charge on any atom is 0.226 e. The number of hydrogen-bond acceptors (Lipinski definition) is 4. The molecule has 0 aromatic carbocycles. The molecule has 2 heterocycles. The van der Waals surface area contributed by atoms with Crippen molar-refractivity contribution in [3.63, 3.8) is 0 Å². The van der Waals surface area contributed by atoms with E-state index in [1.165, 1.54) is 6.21 Å². The van der Waals surface area contributed by atoms with Crippen molar-refractivity contribution in [2.45, 2.75) is 81.8 Å². The molecule has 7 heteroatoms. The number of carbonyl (C=O) groups excluding carboxylic acids is 1. The standard InChI is InChI=1S/C22H32F2N4O/c23-18-11-25-12-19(24)21(18)13-1-3-14(4-2-13)22(29)28(16-5-6-16)17-7-8-20-15(9-17)10-26-27-20/h1,11,14-21,26-27H,2-10,12H2. The summed E-state index contributed by atoms with van der Waals surface area (Å²) in [4.78, 5) is 19.5. The molecule has 0 bridgehead atoms. The average Bonchev–Trinajstić information content (AvgIpc) is 3.44. The minimum Gasteiger partial charge on any atom is -0.336 e. The highest BCUT2D eigenvalue weighted by Gasteiger charge is 2.44. The van der Waals surface area contributed by atoms with E-state index in [0.717, 1.165) is 44.2 Å². The highest BCUT2D eigenvalue weighted by atomic mass is 19.1. The van der Waals surface area contributed by atoms with E-state index in [4.69, 9.17) is 0 Å². The van der Waals surface area contributed by atoms with Gasteiger partial charge >= 0.3 is 0 Å². The lowest BCUT2D eigenvalue weighted by atomic mass is 9.78. The summed E-state index contributed by atoms with van der Waals surface area (Å²) >= 11 is 0. The predicted octanol–water partition coefficient (Wildman–Crippen LogP) is 2.73. The highest BCUT2D eigenvalue weighted by Crippen LogP contribution is 2.40. The van der Waals surface area contributed by atoms with Crippen molar-refractivity contribution in [1.82, 2.24) is 15.8 Å². The van der Waals surface area contributed by atoms with Crippen LogP contribution in [0.25, 0.3) is 0 Å². The van der Waals surface area contributed by atoms with Crippen LogP contribution in [-0.4, -0.2) is 60.6 Å². The molecule has 5 aliphatic rings. The molecule has 29 heavy (non-hydrogen) atoms. The number of aliphatic imine (C=N–C) groups is 1. The summed E-state index contributed by atoms with van der Waals surface area (Å²) in [7, 11) is 0. The van der Waals surface area contributed by atoms with Gasteiger partial charge in [-0.3, -0.25) is 20.6 Å². The number of carbonyl (C=O) groups is 1. The third-order valence-corrected chi connectivity index (χ3v) is 7.68. The molecule has 0 aromatic heterocycles. The van der Waals surface area contributed by atoms with Crippen LogP contribution in [0.15, 0.2) is 16.6 Å². The SMILES string of the molecule is O=C(C1CC=C(C2C(F)C=NCC2F)CC1)N(C1CC1)C1CCC2NNCC2C1. The lowest BCUT2D eigenvalue weighted by Crippen LogP contribution is -2.50. The summed E-state index contributed by atoms with van der Waals surface area (Å²) in [5.74, 6) is 0.145. The predicted molar refractivity (Wildman–Crippen MR) is 108 cm³/mol. The first-order valence-corrected chi connectivity index (χ1v) is 11.4. The summed E-state index contributed by atoms with van der Waals surface area (Å²) in [5, 5.41) is 0. The van der Waals surface area contributed by atoms with Gasteiger partial charge in [-0.2, -0.15) is 0 Å². The third kappa shape index (κ3) is 3.88. The molecule has 5 nitrogen and oxygen atoms in total. The molecule has 1 saturated heterocycles. The normalized spacial score (nSPS) is 42.3. The van der Waals surface area contributed by atoms with Gasteiger partial charge in [-0.15, -0.1) is 0 Å². The van der Waals surface area contributed by atoms with E-state index in [-0.39, 0.29) is 18.4 Å². The highest BCUT2D eigenvalue weighted by molar-refractivity contribution is 5.80. The molecule has 160 valence electrons. The average molecular weight is 407 g/mol. The zero-order valence-electron chi connectivity index (χ0n) is 16.9. The molecule has 1 amide bonds. The zero-order chi connectivity index (χ0) is 20.0. The number of alkyl halides is 2. The largest absolute Gasteiger partial charge is 0.336 e. The molecule has 0 spiro atoms. The van der Waals surface area contributed by atoms with Crippen molar-refractivity contribution in [1.29, 1.82) is 0 Å². The van der Waals surface area contributed by atoms with Crippen LogP contribution in [0.5, 0.6) is 0 Å². The van der Waals surface area contributed by atoms with Crippen LogP contribution >= 0.6 is 0 Å². The van der Waals surface area contributed by atoms with Gasteiger partial charge in [-0.25, -0.2) is 8.78 Å². The Hall–Kier alpha value is -1.34. The fourth-order valence-electron chi connectivity index (χ4n) is 5.94. The topological polar surface area (TPSA) is 56.7 Å². The van der Waals surface area contributed by atoms with Crippen molar-refractivity contribution < 1.29 is 13.6 Å². The van der Waals surface area contributed by atoms with E-state index in [9.17, 15) is 13.6 Å². The molecule has 3 aliphatic carbocycles. The second-order valence-corrected chi connectivity index (χ2v) is 9.59.